The molecule has 0 amide bonds. The van der Waals surface area contributed by atoms with E-state index in [0.717, 1.165) is 6.42 Å². The lowest BCUT2D eigenvalue weighted by Gasteiger charge is -2.16. The highest BCUT2D eigenvalue weighted by Crippen LogP contribution is 2.59. The fourth-order valence-electron chi connectivity index (χ4n) is 3.47. The van der Waals surface area contributed by atoms with Crippen molar-refractivity contribution in [1.82, 2.24) is 0 Å². The fourth-order valence-corrected chi connectivity index (χ4v) is 3.47. The molecule has 0 spiro atoms. The zero-order chi connectivity index (χ0) is 15.7. The maximum absolute atomic E-state index is 2.36. The van der Waals surface area contributed by atoms with Gasteiger partial charge in [-0.25, -0.2) is 0 Å². The van der Waals surface area contributed by atoms with Gasteiger partial charge < -0.3 is 0 Å². The van der Waals surface area contributed by atoms with Crippen molar-refractivity contribution < 1.29 is 0 Å². The van der Waals surface area contributed by atoms with E-state index in [-0.39, 0.29) is 5.41 Å². The highest BCUT2D eigenvalue weighted by atomic mass is 14.5. The predicted molar refractivity (Wildman–Crippen MR) is 97.4 cm³/mol. The van der Waals surface area contributed by atoms with Gasteiger partial charge in [0.1, 0.15) is 0 Å². The predicted octanol–water partition coefficient (Wildman–Crippen LogP) is 5.77. The molecule has 0 bridgehead atoms. The monoisotopic (exact) mass is 296 g/mol. The van der Waals surface area contributed by atoms with Crippen LogP contribution in [0.3, 0.4) is 0 Å². The molecule has 1 fully saturated rings. The van der Waals surface area contributed by atoms with Crippen LogP contribution in [0.4, 0.5) is 0 Å². The van der Waals surface area contributed by atoms with Gasteiger partial charge in [-0.3, -0.25) is 0 Å². The number of aryl methyl sites for hydroxylation is 1. The molecule has 0 radical (unpaired) electrons. The van der Waals surface area contributed by atoms with Gasteiger partial charge in [-0.1, -0.05) is 102 Å². The van der Waals surface area contributed by atoms with Crippen LogP contribution in [-0.2, 0) is 5.41 Å². The second kappa shape index (κ2) is 5.55. The van der Waals surface area contributed by atoms with Crippen LogP contribution < -0.4 is 0 Å². The number of rotatable bonds is 3. The van der Waals surface area contributed by atoms with E-state index in [2.05, 4.69) is 97.9 Å². The van der Waals surface area contributed by atoms with Crippen molar-refractivity contribution in [1.29, 1.82) is 0 Å². The van der Waals surface area contributed by atoms with Crippen molar-refractivity contribution in [3.63, 3.8) is 0 Å². The van der Waals surface area contributed by atoms with Crippen LogP contribution in [0.15, 0.2) is 90.5 Å². The molecule has 0 atom stereocenters. The third kappa shape index (κ3) is 2.51. The number of hydrogen-bond donors (Lipinski definition) is 0. The smallest absolute Gasteiger partial charge is 0.0452 e. The SMILES string of the molecule is Cc1ccc(C=C2CC2(c2ccccc2)c2ccccc2)cc1. The van der Waals surface area contributed by atoms with Gasteiger partial charge in [0.25, 0.3) is 0 Å². The summed E-state index contributed by atoms with van der Waals surface area (Å²) in [4.78, 5) is 0. The molecule has 1 aliphatic carbocycles. The van der Waals surface area contributed by atoms with Crippen molar-refractivity contribution in [2.45, 2.75) is 18.8 Å². The second-order valence-corrected chi connectivity index (χ2v) is 6.39. The summed E-state index contributed by atoms with van der Waals surface area (Å²) in [7, 11) is 0. The standard InChI is InChI=1S/C23H20/c1-18-12-14-19(15-13-18)16-22-17-23(22,20-8-4-2-5-9-20)21-10-6-3-7-11-21/h2-16H,17H2,1H3. The zero-order valence-electron chi connectivity index (χ0n) is 13.4. The van der Waals surface area contributed by atoms with E-state index in [1.807, 2.05) is 0 Å². The molecule has 0 heteroatoms. The van der Waals surface area contributed by atoms with E-state index >= 15 is 0 Å². The van der Waals surface area contributed by atoms with E-state index in [0.29, 0.717) is 0 Å². The van der Waals surface area contributed by atoms with Crippen LogP contribution in [0.5, 0.6) is 0 Å². The molecular formula is C23H20. The molecule has 4 rings (SSSR count). The molecule has 0 nitrogen and oxygen atoms in total. The molecule has 23 heavy (non-hydrogen) atoms. The molecular weight excluding hydrogens is 276 g/mol. The summed E-state index contributed by atoms with van der Waals surface area (Å²) in [6, 6.07) is 30.5. The summed E-state index contributed by atoms with van der Waals surface area (Å²) in [6.07, 6.45) is 3.47. The van der Waals surface area contributed by atoms with Crippen molar-refractivity contribution in [3.8, 4) is 0 Å². The lowest BCUT2D eigenvalue weighted by atomic mass is 9.87. The normalized spacial score (nSPS) is 17.2. The van der Waals surface area contributed by atoms with E-state index in [4.69, 9.17) is 0 Å². The molecule has 1 aliphatic rings. The maximum atomic E-state index is 2.36. The molecule has 3 aromatic rings. The van der Waals surface area contributed by atoms with Gasteiger partial charge in [0.2, 0.25) is 0 Å². The van der Waals surface area contributed by atoms with E-state index in [9.17, 15) is 0 Å². The maximum Gasteiger partial charge on any atom is 0.0452 e. The Labute approximate surface area is 138 Å². The first-order chi connectivity index (χ1) is 11.3. The zero-order valence-corrected chi connectivity index (χ0v) is 13.4. The Morgan fingerprint density at radius 2 is 1.22 bits per heavy atom. The van der Waals surface area contributed by atoms with Crippen LogP contribution in [0.1, 0.15) is 28.7 Å². The van der Waals surface area contributed by atoms with Gasteiger partial charge in [0.15, 0.2) is 0 Å². The Morgan fingerprint density at radius 1 is 0.696 bits per heavy atom. The summed E-state index contributed by atoms with van der Waals surface area (Å²) in [6.45, 7) is 2.13. The summed E-state index contributed by atoms with van der Waals surface area (Å²) in [5.41, 5.74) is 6.94. The molecule has 0 heterocycles. The van der Waals surface area contributed by atoms with Gasteiger partial charge in [-0.2, -0.15) is 0 Å². The minimum absolute atomic E-state index is 0.0629. The minimum Gasteiger partial charge on any atom is -0.0622 e. The topological polar surface area (TPSA) is 0 Å². The molecule has 3 aromatic carbocycles. The average Bonchev–Trinajstić information content (AvgIpc) is 3.34. The summed E-state index contributed by atoms with van der Waals surface area (Å²) >= 11 is 0. The molecule has 0 unspecified atom stereocenters. The Morgan fingerprint density at radius 3 is 1.74 bits per heavy atom. The van der Waals surface area contributed by atoms with Crippen LogP contribution in [0.2, 0.25) is 0 Å². The Kier molecular flexibility index (Phi) is 3.38. The molecule has 0 aromatic heterocycles. The van der Waals surface area contributed by atoms with Gasteiger partial charge in [0.05, 0.1) is 0 Å². The summed E-state index contributed by atoms with van der Waals surface area (Å²) in [5.74, 6) is 0. The molecule has 112 valence electrons. The van der Waals surface area contributed by atoms with Crippen LogP contribution in [0.25, 0.3) is 6.08 Å². The minimum atomic E-state index is 0.0629. The summed E-state index contributed by atoms with van der Waals surface area (Å²) < 4.78 is 0. The van der Waals surface area contributed by atoms with Gasteiger partial charge >= 0.3 is 0 Å². The second-order valence-electron chi connectivity index (χ2n) is 6.39. The van der Waals surface area contributed by atoms with E-state index in [1.54, 1.807) is 0 Å². The van der Waals surface area contributed by atoms with Gasteiger partial charge in [-0.15, -0.1) is 0 Å². The molecule has 1 saturated carbocycles. The first kappa shape index (κ1) is 14.0. The molecule has 0 aliphatic heterocycles. The van der Waals surface area contributed by atoms with Crippen LogP contribution in [-0.4, -0.2) is 0 Å². The Balaban J connectivity index is 1.79. The van der Waals surface area contributed by atoms with E-state index in [1.165, 1.54) is 27.8 Å². The highest BCUT2D eigenvalue weighted by molar-refractivity contribution is 5.70. The van der Waals surface area contributed by atoms with Gasteiger partial charge in [0, 0.05) is 5.41 Å². The van der Waals surface area contributed by atoms with Gasteiger partial charge in [-0.05, 0) is 30.0 Å². The largest absolute Gasteiger partial charge is 0.0622 e. The highest BCUT2D eigenvalue weighted by Gasteiger charge is 2.51. The van der Waals surface area contributed by atoms with Crippen LogP contribution >= 0.6 is 0 Å². The van der Waals surface area contributed by atoms with Crippen molar-refractivity contribution in [2.75, 3.05) is 0 Å². The first-order valence-electron chi connectivity index (χ1n) is 8.18. The first-order valence-corrected chi connectivity index (χ1v) is 8.18. The Bertz CT molecular complexity index is 785. The summed E-state index contributed by atoms with van der Waals surface area (Å²) in [5, 5.41) is 0. The van der Waals surface area contributed by atoms with E-state index < -0.39 is 0 Å². The van der Waals surface area contributed by atoms with Crippen molar-refractivity contribution >= 4 is 6.08 Å². The van der Waals surface area contributed by atoms with Crippen molar-refractivity contribution in [2.24, 2.45) is 0 Å². The number of benzene rings is 3. The molecule has 0 N–H and O–H groups in total. The lowest BCUT2D eigenvalue weighted by Crippen LogP contribution is -2.08. The fraction of sp³-hybridized carbons (Fsp3) is 0.130. The lowest BCUT2D eigenvalue weighted by molar-refractivity contribution is 0.881. The number of allylic oxidation sites excluding steroid dienone is 1. The average molecular weight is 296 g/mol. The third-order valence-corrected chi connectivity index (χ3v) is 4.83. The molecule has 0 saturated heterocycles. The van der Waals surface area contributed by atoms with Crippen molar-refractivity contribution in [3.05, 3.63) is 113 Å². The quantitative estimate of drug-likeness (QED) is 0.575. The number of hydrogen-bond acceptors (Lipinski definition) is 0. The third-order valence-electron chi connectivity index (χ3n) is 4.83. The van der Waals surface area contributed by atoms with Crippen LogP contribution in [0, 0.1) is 6.92 Å². The Hall–Kier alpha value is -2.60.